The Bertz CT molecular complexity index is 1280. The fraction of sp³-hybridized carbons (Fsp3) is 0.200. The van der Waals surface area contributed by atoms with Gasteiger partial charge in [0.25, 0.3) is 5.91 Å². The van der Waals surface area contributed by atoms with Gasteiger partial charge in [-0.05, 0) is 48.6 Å². The molecule has 2 heterocycles. The highest BCUT2D eigenvalue weighted by Crippen LogP contribution is 2.25. The summed E-state index contributed by atoms with van der Waals surface area (Å²) in [4.78, 5) is 17.6. The number of aromatic amines is 1. The molecule has 1 aliphatic heterocycles. The number of H-pyrrole nitrogens is 1. The number of carbonyl (C=O) groups excluding carboxylic acids is 1. The number of sulfonamides is 1. The number of hydrogen-bond acceptors (Lipinski definition) is 4. The maximum absolute atomic E-state index is 13.3. The van der Waals surface area contributed by atoms with Crippen LogP contribution in [0.1, 0.15) is 10.5 Å². The molecule has 1 saturated heterocycles. The van der Waals surface area contributed by atoms with Crippen LogP contribution in [-0.2, 0) is 10.0 Å². The Morgan fingerprint density at radius 2 is 1.68 bits per heavy atom. The highest BCUT2D eigenvalue weighted by atomic mass is 35.5. The Hall–Kier alpha value is -2.53. The lowest BCUT2D eigenvalue weighted by molar-refractivity contribution is 0.0689. The number of piperazine rings is 1. The molecule has 0 atom stereocenters. The van der Waals surface area contributed by atoms with Crippen LogP contribution >= 0.6 is 23.8 Å². The van der Waals surface area contributed by atoms with Crippen molar-refractivity contribution in [1.29, 1.82) is 0 Å². The van der Waals surface area contributed by atoms with Crippen LogP contribution in [0.15, 0.2) is 59.6 Å². The van der Waals surface area contributed by atoms with Crippen LogP contribution in [0, 0.1) is 10.6 Å². The van der Waals surface area contributed by atoms with Crippen LogP contribution in [0.2, 0.25) is 5.02 Å². The second-order valence-corrected chi connectivity index (χ2v) is 9.62. The zero-order valence-electron chi connectivity index (χ0n) is 16.2. The quantitative estimate of drug-likeness (QED) is 0.580. The molecule has 2 aromatic carbocycles. The predicted octanol–water partition coefficient (Wildman–Crippen LogP) is 3.47. The van der Waals surface area contributed by atoms with Crippen molar-refractivity contribution in [3.63, 3.8) is 0 Å². The van der Waals surface area contributed by atoms with Crippen LogP contribution in [0.25, 0.3) is 5.69 Å². The van der Waals surface area contributed by atoms with E-state index in [1.165, 1.54) is 51.5 Å². The first kappa shape index (κ1) is 21.7. The fourth-order valence-electron chi connectivity index (χ4n) is 3.46. The first-order chi connectivity index (χ1) is 14.8. The molecule has 0 aliphatic carbocycles. The average molecular weight is 481 g/mol. The third-order valence-electron chi connectivity index (χ3n) is 5.06. The molecule has 1 fully saturated rings. The number of rotatable bonds is 4. The van der Waals surface area contributed by atoms with Crippen molar-refractivity contribution < 1.29 is 17.6 Å². The summed E-state index contributed by atoms with van der Waals surface area (Å²) in [6.07, 6.45) is 1.50. The molecule has 31 heavy (non-hydrogen) atoms. The van der Waals surface area contributed by atoms with Crippen LogP contribution in [0.4, 0.5) is 4.39 Å². The molecule has 7 nitrogen and oxygen atoms in total. The van der Waals surface area contributed by atoms with E-state index in [1.54, 1.807) is 17.0 Å². The van der Waals surface area contributed by atoms with Gasteiger partial charge in [0.15, 0.2) is 4.77 Å². The van der Waals surface area contributed by atoms with Gasteiger partial charge in [-0.3, -0.25) is 9.36 Å². The van der Waals surface area contributed by atoms with Crippen molar-refractivity contribution in [3.8, 4) is 5.69 Å². The number of nitrogens with one attached hydrogen (secondary N) is 1. The molecule has 11 heteroatoms. The van der Waals surface area contributed by atoms with Gasteiger partial charge in [-0.1, -0.05) is 23.7 Å². The van der Waals surface area contributed by atoms with Gasteiger partial charge in [0, 0.05) is 38.1 Å². The highest BCUT2D eigenvalue weighted by Gasteiger charge is 2.32. The fourth-order valence-corrected chi connectivity index (χ4v) is 5.64. The largest absolute Gasteiger partial charge is 0.336 e. The summed E-state index contributed by atoms with van der Waals surface area (Å²) in [6.45, 7) is 0.704. The third-order valence-corrected chi connectivity index (χ3v) is 7.76. The minimum absolute atomic E-state index is 0.0481. The van der Waals surface area contributed by atoms with Gasteiger partial charge < -0.3 is 9.88 Å². The van der Waals surface area contributed by atoms with E-state index in [1.807, 2.05) is 0 Å². The van der Waals surface area contributed by atoms with Gasteiger partial charge in [0.2, 0.25) is 10.0 Å². The average Bonchev–Trinajstić information content (AvgIpc) is 3.15. The Labute approximate surface area is 188 Å². The van der Waals surface area contributed by atoms with E-state index in [-0.39, 0.29) is 42.0 Å². The van der Waals surface area contributed by atoms with Crippen molar-refractivity contribution in [1.82, 2.24) is 18.8 Å². The number of benzene rings is 2. The van der Waals surface area contributed by atoms with E-state index >= 15 is 0 Å². The highest BCUT2D eigenvalue weighted by molar-refractivity contribution is 7.89. The first-order valence-electron chi connectivity index (χ1n) is 9.39. The van der Waals surface area contributed by atoms with E-state index in [0.29, 0.717) is 16.2 Å². The van der Waals surface area contributed by atoms with E-state index < -0.39 is 15.8 Å². The monoisotopic (exact) mass is 480 g/mol. The van der Waals surface area contributed by atoms with Crippen molar-refractivity contribution in [2.75, 3.05) is 26.2 Å². The molecule has 4 rings (SSSR count). The summed E-state index contributed by atoms with van der Waals surface area (Å²) in [5, 5.41) is 0.159. The molecular formula is C20H18ClFN4O3S2. The number of amides is 1. The van der Waals surface area contributed by atoms with Crippen molar-refractivity contribution in [2.45, 2.75) is 4.90 Å². The van der Waals surface area contributed by atoms with Crippen LogP contribution in [-0.4, -0.2) is 59.3 Å². The molecular weight excluding hydrogens is 463 g/mol. The van der Waals surface area contributed by atoms with Crippen molar-refractivity contribution in [2.24, 2.45) is 0 Å². The second kappa shape index (κ2) is 8.54. The molecule has 0 bridgehead atoms. The summed E-state index contributed by atoms with van der Waals surface area (Å²) < 4.78 is 42.3. The molecule has 1 amide bonds. The molecule has 0 spiro atoms. The van der Waals surface area contributed by atoms with Gasteiger partial charge in [0.05, 0.1) is 5.02 Å². The summed E-state index contributed by atoms with van der Waals surface area (Å²) in [6, 6.07) is 11.9. The Morgan fingerprint density at radius 3 is 2.32 bits per heavy atom. The lowest BCUT2D eigenvalue weighted by atomic mass is 10.2. The third kappa shape index (κ3) is 4.16. The van der Waals surface area contributed by atoms with Gasteiger partial charge in [-0.25, -0.2) is 12.8 Å². The summed E-state index contributed by atoms with van der Waals surface area (Å²) >= 11 is 11.4. The normalized spacial score (nSPS) is 15.2. The molecule has 1 aromatic heterocycles. The maximum atomic E-state index is 13.3. The van der Waals surface area contributed by atoms with E-state index in [9.17, 15) is 17.6 Å². The summed E-state index contributed by atoms with van der Waals surface area (Å²) in [7, 11) is -3.76. The Balaban J connectivity index is 1.53. The SMILES string of the molecule is O=C(c1c[nH]c(=S)n1-c1ccc(F)cc1)N1CCN(S(=O)(=O)c2ccccc2Cl)CC1. The van der Waals surface area contributed by atoms with Crippen molar-refractivity contribution >= 4 is 39.7 Å². The molecule has 0 radical (unpaired) electrons. The van der Waals surface area contributed by atoms with Gasteiger partial charge in [-0.15, -0.1) is 0 Å². The van der Waals surface area contributed by atoms with E-state index in [0.717, 1.165) is 0 Å². The molecule has 0 saturated carbocycles. The number of hydrogen-bond donors (Lipinski definition) is 1. The molecule has 0 unspecified atom stereocenters. The minimum Gasteiger partial charge on any atom is -0.336 e. The Morgan fingerprint density at radius 1 is 1.03 bits per heavy atom. The molecule has 162 valence electrons. The van der Waals surface area contributed by atoms with Gasteiger partial charge in [0.1, 0.15) is 16.4 Å². The zero-order chi connectivity index (χ0) is 22.2. The van der Waals surface area contributed by atoms with Crippen LogP contribution in [0.3, 0.4) is 0 Å². The number of aromatic nitrogens is 2. The van der Waals surface area contributed by atoms with Gasteiger partial charge in [-0.2, -0.15) is 4.31 Å². The number of nitrogens with zero attached hydrogens (tertiary/aromatic N) is 3. The second-order valence-electron chi connectivity index (χ2n) is 6.92. The predicted molar refractivity (Wildman–Crippen MR) is 117 cm³/mol. The number of imidazole rings is 1. The molecule has 3 aromatic rings. The lowest BCUT2D eigenvalue weighted by Gasteiger charge is -2.34. The number of carbonyl (C=O) groups is 1. The van der Waals surface area contributed by atoms with E-state index in [4.69, 9.17) is 23.8 Å². The minimum atomic E-state index is -3.76. The maximum Gasteiger partial charge on any atom is 0.272 e. The smallest absolute Gasteiger partial charge is 0.272 e. The summed E-state index contributed by atoms with van der Waals surface area (Å²) in [5.41, 5.74) is 0.843. The molecule has 1 aliphatic rings. The van der Waals surface area contributed by atoms with E-state index in [2.05, 4.69) is 4.98 Å². The standard InChI is InChI=1S/C20H18ClFN4O3S2/c21-16-3-1-2-4-18(16)31(28,29)25-11-9-24(10-12-25)19(27)17-13-23-20(30)26(17)15-7-5-14(22)6-8-15/h1-8,13H,9-12H2,(H,23,30). The van der Waals surface area contributed by atoms with Gasteiger partial charge >= 0.3 is 0 Å². The topological polar surface area (TPSA) is 78.4 Å². The van der Waals surface area contributed by atoms with Crippen molar-refractivity contribution in [3.05, 3.63) is 76.0 Å². The summed E-state index contributed by atoms with van der Waals surface area (Å²) in [5.74, 6) is -0.694. The van der Waals surface area contributed by atoms with Crippen LogP contribution in [0.5, 0.6) is 0 Å². The number of halogens is 2. The van der Waals surface area contributed by atoms with Crippen LogP contribution < -0.4 is 0 Å². The lowest BCUT2D eigenvalue weighted by Crippen LogP contribution is -2.50. The molecule has 1 N–H and O–H groups in total. The first-order valence-corrected chi connectivity index (χ1v) is 11.6. The zero-order valence-corrected chi connectivity index (χ0v) is 18.6. The Kier molecular flexibility index (Phi) is 5.98.